The maximum atomic E-state index is 5.98. The summed E-state index contributed by atoms with van der Waals surface area (Å²) in [4.78, 5) is 6.11. The molecule has 0 aliphatic rings. The van der Waals surface area contributed by atoms with E-state index in [2.05, 4.69) is 29.0 Å². The number of ether oxygens (including phenoxy) is 1. The van der Waals surface area contributed by atoms with Crippen LogP contribution in [0.3, 0.4) is 0 Å². The Morgan fingerprint density at radius 1 is 1.29 bits per heavy atom. The first-order chi connectivity index (χ1) is 8.04. The number of aromatic nitrogens is 3. The van der Waals surface area contributed by atoms with Gasteiger partial charge in [-0.1, -0.05) is 25.4 Å². The van der Waals surface area contributed by atoms with Crippen molar-refractivity contribution in [3.63, 3.8) is 0 Å². The molecule has 0 fully saturated rings. The highest BCUT2D eigenvalue weighted by Gasteiger charge is 2.15. The van der Waals surface area contributed by atoms with Crippen LogP contribution < -0.4 is 4.90 Å². The van der Waals surface area contributed by atoms with Crippen molar-refractivity contribution < 1.29 is 4.74 Å². The van der Waals surface area contributed by atoms with Crippen LogP contribution in [0.15, 0.2) is 0 Å². The van der Waals surface area contributed by atoms with Crippen molar-refractivity contribution in [3.05, 3.63) is 10.4 Å². The molecule has 0 unspecified atom stereocenters. The Hall–Kier alpha value is -0.650. The summed E-state index contributed by atoms with van der Waals surface area (Å²) in [6, 6.07) is 0. The molecule has 1 rings (SSSR count). The van der Waals surface area contributed by atoms with E-state index in [1.54, 1.807) is 7.11 Å². The quantitative estimate of drug-likeness (QED) is 0.799. The third-order valence-corrected chi connectivity index (χ3v) is 2.46. The van der Waals surface area contributed by atoms with E-state index in [-0.39, 0.29) is 10.4 Å². The van der Waals surface area contributed by atoms with Crippen molar-refractivity contribution in [1.82, 2.24) is 15.2 Å². The SMILES string of the molecule is COCCN(CC(C)C)c1nc(Cl)nnc1Cl. The highest BCUT2D eigenvalue weighted by atomic mass is 35.5. The standard InChI is InChI=1S/C10H16Cl2N4O/c1-7(2)6-16(4-5-17-3)9-8(11)14-15-10(12)13-9/h7H,4-6H2,1-3H3. The summed E-state index contributed by atoms with van der Waals surface area (Å²) in [7, 11) is 1.65. The molecular formula is C10H16Cl2N4O. The average molecular weight is 279 g/mol. The predicted octanol–water partition coefficient (Wildman–Crippen LogP) is 2.29. The monoisotopic (exact) mass is 278 g/mol. The van der Waals surface area contributed by atoms with Crippen LogP contribution in [0, 0.1) is 5.92 Å². The van der Waals surface area contributed by atoms with E-state index in [0.717, 1.165) is 6.54 Å². The zero-order chi connectivity index (χ0) is 12.8. The molecule has 0 N–H and O–H groups in total. The van der Waals surface area contributed by atoms with Gasteiger partial charge in [-0.25, -0.2) is 0 Å². The fourth-order valence-electron chi connectivity index (χ4n) is 1.41. The molecule has 0 saturated heterocycles. The van der Waals surface area contributed by atoms with E-state index in [9.17, 15) is 0 Å². The van der Waals surface area contributed by atoms with Gasteiger partial charge in [0.15, 0.2) is 11.0 Å². The molecule has 1 aromatic heterocycles. The van der Waals surface area contributed by atoms with Crippen molar-refractivity contribution >= 4 is 29.0 Å². The lowest BCUT2D eigenvalue weighted by molar-refractivity contribution is 0.204. The summed E-state index contributed by atoms with van der Waals surface area (Å²) >= 11 is 11.7. The molecule has 17 heavy (non-hydrogen) atoms. The smallest absolute Gasteiger partial charge is 0.245 e. The summed E-state index contributed by atoms with van der Waals surface area (Å²) in [5, 5.41) is 7.70. The van der Waals surface area contributed by atoms with Gasteiger partial charge in [0.25, 0.3) is 0 Å². The molecule has 0 saturated carbocycles. The Morgan fingerprint density at radius 3 is 2.59 bits per heavy atom. The molecule has 7 heteroatoms. The first kappa shape index (κ1) is 14.4. The number of rotatable bonds is 6. The number of methoxy groups -OCH3 is 1. The molecular weight excluding hydrogens is 263 g/mol. The molecule has 0 aliphatic carbocycles. The van der Waals surface area contributed by atoms with Crippen LogP contribution in [0.25, 0.3) is 0 Å². The lowest BCUT2D eigenvalue weighted by Gasteiger charge is -2.25. The van der Waals surface area contributed by atoms with E-state index >= 15 is 0 Å². The second-order valence-corrected chi connectivity index (χ2v) is 4.72. The van der Waals surface area contributed by atoms with Gasteiger partial charge >= 0.3 is 0 Å². The van der Waals surface area contributed by atoms with Gasteiger partial charge in [-0.15, -0.1) is 10.2 Å². The molecule has 0 atom stereocenters. The zero-order valence-corrected chi connectivity index (χ0v) is 11.7. The van der Waals surface area contributed by atoms with Crippen LogP contribution in [0.5, 0.6) is 0 Å². The van der Waals surface area contributed by atoms with Crippen LogP contribution in [0.2, 0.25) is 10.4 Å². The van der Waals surface area contributed by atoms with Crippen molar-refractivity contribution in [1.29, 1.82) is 0 Å². The lowest BCUT2D eigenvalue weighted by atomic mass is 10.2. The van der Waals surface area contributed by atoms with Crippen molar-refractivity contribution in [2.75, 3.05) is 31.7 Å². The maximum Gasteiger partial charge on any atom is 0.245 e. The van der Waals surface area contributed by atoms with Crippen molar-refractivity contribution in [2.24, 2.45) is 5.92 Å². The normalized spacial score (nSPS) is 10.9. The summed E-state index contributed by atoms with van der Waals surface area (Å²) in [6.45, 7) is 6.31. The maximum absolute atomic E-state index is 5.98. The first-order valence-electron chi connectivity index (χ1n) is 5.34. The average Bonchev–Trinajstić information content (AvgIpc) is 2.27. The zero-order valence-electron chi connectivity index (χ0n) is 10.2. The number of anilines is 1. The van der Waals surface area contributed by atoms with Gasteiger partial charge in [-0.3, -0.25) is 0 Å². The van der Waals surface area contributed by atoms with E-state index in [0.29, 0.717) is 24.9 Å². The highest BCUT2D eigenvalue weighted by molar-refractivity contribution is 6.32. The number of nitrogens with zero attached hydrogens (tertiary/aromatic N) is 4. The van der Waals surface area contributed by atoms with Crippen LogP contribution in [-0.4, -0.2) is 42.0 Å². The molecule has 1 heterocycles. The van der Waals surface area contributed by atoms with Crippen LogP contribution >= 0.6 is 23.2 Å². The fraction of sp³-hybridized carbons (Fsp3) is 0.700. The minimum Gasteiger partial charge on any atom is -0.383 e. The molecule has 5 nitrogen and oxygen atoms in total. The molecule has 0 spiro atoms. The predicted molar refractivity (Wildman–Crippen MR) is 68.8 cm³/mol. The van der Waals surface area contributed by atoms with Crippen molar-refractivity contribution in [3.8, 4) is 0 Å². The van der Waals surface area contributed by atoms with Gasteiger partial charge in [0, 0.05) is 20.2 Å². The summed E-state index contributed by atoms with van der Waals surface area (Å²) in [6.07, 6.45) is 0. The van der Waals surface area contributed by atoms with Gasteiger partial charge in [0.2, 0.25) is 5.28 Å². The third kappa shape index (κ3) is 4.61. The van der Waals surface area contributed by atoms with E-state index in [1.807, 2.05) is 4.90 Å². The Kier molecular flexibility index (Phi) is 5.88. The molecule has 96 valence electrons. The lowest BCUT2D eigenvalue weighted by Crippen LogP contribution is -2.32. The second-order valence-electron chi connectivity index (χ2n) is 4.03. The Balaban J connectivity index is 2.90. The van der Waals surface area contributed by atoms with Crippen LogP contribution in [-0.2, 0) is 4.74 Å². The number of hydrogen-bond acceptors (Lipinski definition) is 5. The van der Waals surface area contributed by atoms with Gasteiger partial charge < -0.3 is 9.64 Å². The van der Waals surface area contributed by atoms with Gasteiger partial charge in [-0.2, -0.15) is 4.98 Å². The minimum atomic E-state index is 0.0931. The Bertz CT molecular complexity index is 362. The largest absolute Gasteiger partial charge is 0.383 e. The molecule has 0 amide bonds. The van der Waals surface area contributed by atoms with Crippen molar-refractivity contribution in [2.45, 2.75) is 13.8 Å². The molecule has 0 bridgehead atoms. The summed E-state index contributed by atoms with van der Waals surface area (Å²) < 4.78 is 5.06. The van der Waals surface area contributed by atoms with Gasteiger partial charge in [0.05, 0.1) is 6.61 Å². The minimum absolute atomic E-state index is 0.0931. The van der Waals surface area contributed by atoms with Gasteiger partial charge in [0.1, 0.15) is 0 Å². The molecule has 0 aliphatic heterocycles. The number of halogens is 2. The topological polar surface area (TPSA) is 51.1 Å². The molecule has 0 aromatic carbocycles. The van der Waals surface area contributed by atoms with Gasteiger partial charge in [-0.05, 0) is 17.5 Å². The summed E-state index contributed by atoms with van der Waals surface area (Å²) in [5.74, 6) is 1.02. The Labute approximate surface area is 111 Å². The van der Waals surface area contributed by atoms with Crippen LogP contribution in [0.1, 0.15) is 13.8 Å². The van der Waals surface area contributed by atoms with E-state index in [4.69, 9.17) is 27.9 Å². The second kappa shape index (κ2) is 6.93. The number of hydrogen-bond donors (Lipinski definition) is 0. The molecule has 0 radical (unpaired) electrons. The van der Waals surface area contributed by atoms with E-state index < -0.39 is 0 Å². The van der Waals surface area contributed by atoms with E-state index in [1.165, 1.54) is 0 Å². The third-order valence-electron chi connectivity index (χ3n) is 2.05. The Morgan fingerprint density at radius 2 is 2.00 bits per heavy atom. The molecule has 1 aromatic rings. The first-order valence-corrected chi connectivity index (χ1v) is 6.09. The van der Waals surface area contributed by atoms with Crippen LogP contribution in [0.4, 0.5) is 5.82 Å². The summed E-state index contributed by atoms with van der Waals surface area (Å²) in [5.41, 5.74) is 0. The highest BCUT2D eigenvalue weighted by Crippen LogP contribution is 2.22. The fourth-order valence-corrected chi connectivity index (χ4v) is 1.73.